The van der Waals surface area contributed by atoms with Crippen LogP contribution in [0.4, 0.5) is 17.1 Å². The van der Waals surface area contributed by atoms with Crippen LogP contribution in [-0.2, 0) is 0 Å². The van der Waals surface area contributed by atoms with E-state index in [9.17, 15) is 0 Å². The molecule has 0 aliphatic carbocycles. The minimum absolute atomic E-state index is 0.873. The van der Waals surface area contributed by atoms with Crippen molar-refractivity contribution >= 4 is 81.3 Å². The predicted molar refractivity (Wildman–Crippen MR) is 261 cm³/mol. The lowest BCUT2D eigenvalue weighted by Crippen LogP contribution is -2.10. The molecule has 12 rings (SSSR count). The zero-order valence-corrected chi connectivity index (χ0v) is 33.9. The second-order valence-corrected chi connectivity index (χ2v) is 16.7. The zero-order valence-electron chi connectivity index (χ0n) is 33.1. The van der Waals surface area contributed by atoms with E-state index in [-0.39, 0.29) is 0 Å². The number of nitrogens with zero attached hydrogens (tertiary/aromatic N) is 1. The maximum absolute atomic E-state index is 6.81. The van der Waals surface area contributed by atoms with Crippen LogP contribution in [0.25, 0.3) is 97.4 Å². The number of para-hydroxylation sites is 1. The van der Waals surface area contributed by atoms with Gasteiger partial charge in [-0.2, -0.15) is 0 Å². The Bertz CT molecular complexity index is 3560. The summed E-state index contributed by atoms with van der Waals surface area (Å²) in [5.74, 6) is 0. The third kappa shape index (κ3) is 6.01. The Morgan fingerprint density at radius 2 is 0.951 bits per heavy atom. The minimum atomic E-state index is 0.873. The maximum Gasteiger partial charge on any atom is 0.145 e. The Morgan fingerprint density at radius 3 is 1.75 bits per heavy atom. The number of benzene rings is 10. The van der Waals surface area contributed by atoms with Gasteiger partial charge in [-0.3, -0.25) is 0 Å². The molecule has 0 spiro atoms. The number of furan rings is 1. The molecular formula is C58H37NOS. The molecule has 286 valence electrons. The molecule has 2 nitrogen and oxygen atoms in total. The lowest BCUT2D eigenvalue weighted by atomic mass is 9.96. The van der Waals surface area contributed by atoms with E-state index >= 15 is 0 Å². The van der Waals surface area contributed by atoms with E-state index in [4.69, 9.17) is 4.42 Å². The van der Waals surface area contributed by atoms with Gasteiger partial charge >= 0.3 is 0 Å². The summed E-state index contributed by atoms with van der Waals surface area (Å²) in [6, 6.07) is 81.0. The second-order valence-electron chi connectivity index (χ2n) is 15.6. The first-order chi connectivity index (χ1) is 30.2. The zero-order chi connectivity index (χ0) is 40.3. The fourth-order valence-corrected chi connectivity index (χ4v) is 10.4. The molecule has 2 heterocycles. The van der Waals surface area contributed by atoms with Gasteiger partial charge in [0.2, 0.25) is 0 Å². The maximum atomic E-state index is 6.81. The quantitative estimate of drug-likeness (QED) is 0.160. The van der Waals surface area contributed by atoms with Gasteiger partial charge in [-0.1, -0.05) is 182 Å². The largest absolute Gasteiger partial charge is 0.455 e. The molecule has 0 N–H and O–H groups in total. The number of hydrogen-bond acceptors (Lipinski definition) is 3. The van der Waals surface area contributed by atoms with Gasteiger partial charge < -0.3 is 9.32 Å². The van der Waals surface area contributed by atoms with Crippen LogP contribution in [-0.4, -0.2) is 0 Å². The molecular weight excluding hydrogens is 759 g/mol. The number of fused-ring (bicyclic) bond motifs is 7. The van der Waals surface area contributed by atoms with Crippen molar-refractivity contribution in [2.24, 2.45) is 0 Å². The molecule has 0 fully saturated rings. The van der Waals surface area contributed by atoms with Crippen molar-refractivity contribution in [2.75, 3.05) is 4.90 Å². The molecule has 0 atom stereocenters. The monoisotopic (exact) mass is 795 g/mol. The van der Waals surface area contributed by atoms with Gasteiger partial charge in [0.05, 0.1) is 21.5 Å². The first-order valence-corrected chi connectivity index (χ1v) is 21.6. The number of anilines is 3. The Hall–Kier alpha value is -7.72. The normalized spacial score (nSPS) is 11.6. The fourth-order valence-electron chi connectivity index (χ4n) is 9.14. The topological polar surface area (TPSA) is 16.4 Å². The Kier molecular flexibility index (Phi) is 8.39. The van der Waals surface area contributed by atoms with Crippen LogP contribution in [0.2, 0.25) is 0 Å². The molecule has 0 aliphatic rings. The lowest BCUT2D eigenvalue weighted by molar-refractivity contribution is 0.670. The van der Waals surface area contributed by atoms with Gasteiger partial charge in [-0.25, -0.2) is 0 Å². The highest BCUT2D eigenvalue weighted by Gasteiger charge is 2.24. The van der Waals surface area contributed by atoms with Crippen molar-refractivity contribution in [1.29, 1.82) is 0 Å². The summed E-state index contributed by atoms with van der Waals surface area (Å²) in [7, 11) is 0. The van der Waals surface area contributed by atoms with E-state index in [1.807, 2.05) is 11.3 Å². The molecule has 61 heavy (non-hydrogen) atoms. The highest BCUT2D eigenvalue weighted by atomic mass is 32.1. The van der Waals surface area contributed by atoms with Crippen LogP contribution in [0.15, 0.2) is 229 Å². The van der Waals surface area contributed by atoms with Crippen molar-refractivity contribution in [3.8, 4) is 44.5 Å². The molecule has 10 aromatic carbocycles. The minimum Gasteiger partial charge on any atom is -0.455 e. The molecule has 0 saturated carbocycles. The third-order valence-corrected chi connectivity index (χ3v) is 13.3. The van der Waals surface area contributed by atoms with E-state index in [1.165, 1.54) is 64.3 Å². The lowest BCUT2D eigenvalue weighted by Gasteiger charge is -2.27. The highest BCUT2D eigenvalue weighted by Crippen LogP contribution is 2.50. The van der Waals surface area contributed by atoms with Crippen LogP contribution in [0.3, 0.4) is 0 Å². The number of hydrogen-bond donors (Lipinski definition) is 0. The second kappa shape index (κ2) is 14.5. The molecule has 0 aliphatic heterocycles. The molecule has 12 aromatic rings. The summed E-state index contributed by atoms with van der Waals surface area (Å²) in [4.78, 5) is 2.45. The van der Waals surface area contributed by atoms with Crippen LogP contribution in [0, 0.1) is 0 Å². The van der Waals surface area contributed by atoms with Gasteiger partial charge in [-0.05, 0) is 92.2 Å². The fraction of sp³-hybridized carbons (Fsp3) is 0. The standard InChI is InChI=1S/C58H37NOS/c1-3-13-38(14-4-1)44-31-34-49-50-22-12-23-53(58(50)61-55(49)37-44)59(52-36-35-48(42-15-5-2-6-16-42)57-56(52)51-20-9-10-24-54(51)60-57)45-32-29-40(30-33-45)39-25-27-43(28-26-39)47-21-11-18-41-17-7-8-19-46(41)47/h1-37H. The van der Waals surface area contributed by atoms with E-state index < -0.39 is 0 Å². The molecule has 0 amide bonds. The van der Waals surface area contributed by atoms with E-state index in [2.05, 4.69) is 229 Å². The van der Waals surface area contributed by atoms with Crippen LogP contribution < -0.4 is 4.90 Å². The van der Waals surface area contributed by atoms with Crippen molar-refractivity contribution in [3.05, 3.63) is 224 Å². The summed E-state index contributed by atoms with van der Waals surface area (Å²) in [6.45, 7) is 0. The average molecular weight is 796 g/mol. The van der Waals surface area contributed by atoms with Crippen LogP contribution >= 0.6 is 11.3 Å². The summed E-state index contributed by atoms with van der Waals surface area (Å²) >= 11 is 1.86. The summed E-state index contributed by atoms with van der Waals surface area (Å²) in [5, 5.41) is 7.22. The van der Waals surface area contributed by atoms with E-state index in [1.54, 1.807) is 0 Å². The van der Waals surface area contributed by atoms with Gasteiger partial charge in [0.25, 0.3) is 0 Å². The summed E-state index contributed by atoms with van der Waals surface area (Å²) in [5.41, 5.74) is 14.5. The smallest absolute Gasteiger partial charge is 0.145 e. The summed E-state index contributed by atoms with van der Waals surface area (Å²) < 4.78 is 9.32. The van der Waals surface area contributed by atoms with E-state index in [0.29, 0.717) is 0 Å². The average Bonchev–Trinajstić information content (AvgIpc) is 3.92. The van der Waals surface area contributed by atoms with Gasteiger partial charge in [0, 0.05) is 32.1 Å². The molecule has 2 aromatic heterocycles. The molecule has 0 radical (unpaired) electrons. The van der Waals surface area contributed by atoms with E-state index in [0.717, 1.165) is 50.1 Å². The van der Waals surface area contributed by atoms with Crippen molar-refractivity contribution in [3.63, 3.8) is 0 Å². The Morgan fingerprint density at radius 1 is 0.361 bits per heavy atom. The first-order valence-electron chi connectivity index (χ1n) is 20.7. The Labute approximate surface area is 357 Å². The van der Waals surface area contributed by atoms with Crippen molar-refractivity contribution in [2.45, 2.75) is 0 Å². The molecule has 0 saturated heterocycles. The van der Waals surface area contributed by atoms with Crippen LogP contribution in [0.1, 0.15) is 0 Å². The number of rotatable bonds is 7. The van der Waals surface area contributed by atoms with Crippen LogP contribution in [0.5, 0.6) is 0 Å². The summed E-state index contributed by atoms with van der Waals surface area (Å²) in [6.07, 6.45) is 0. The Balaban J connectivity index is 1.03. The van der Waals surface area contributed by atoms with Gasteiger partial charge in [0.15, 0.2) is 0 Å². The van der Waals surface area contributed by atoms with Gasteiger partial charge in [0.1, 0.15) is 11.2 Å². The molecule has 0 unspecified atom stereocenters. The third-order valence-electron chi connectivity index (χ3n) is 12.1. The van der Waals surface area contributed by atoms with Crippen molar-refractivity contribution in [1.82, 2.24) is 0 Å². The SMILES string of the molecule is c1ccc(-c2ccc3c(c2)sc2c(N(c4ccc(-c5ccc(-c6cccc7ccccc67)cc5)cc4)c4ccc(-c5ccccc5)c5oc6ccccc6c45)cccc23)cc1. The predicted octanol–water partition coefficient (Wildman–Crippen LogP) is 17.2. The highest BCUT2D eigenvalue weighted by molar-refractivity contribution is 7.26. The molecule has 0 bridgehead atoms. The first kappa shape index (κ1) is 35.2. The van der Waals surface area contributed by atoms with Gasteiger partial charge in [-0.15, -0.1) is 11.3 Å². The number of thiophene rings is 1. The molecule has 3 heteroatoms. The van der Waals surface area contributed by atoms with Crippen molar-refractivity contribution < 1.29 is 4.42 Å².